The van der Waals surface area contributed by atoms with Crippen molar-refractivity contribution in [1.82, 2.24) is 24.7 Å². The van der Waals surface area contributed by atoms with Crippen molar-refractivity contribution in [3.8, 4) is 11.5 Å². The third-order valence-electron chi connectivity index (χ3n) is 2.86. The molecule has 0 aliphatic carbocycles. The summed E-state index contributed by atoms with van der Waals surface area (Å²) in [6.07, 6.45) is 4.45. The third-order valence-corrected chi connectivity index (χ3v) is 4.02. The summed E-state index contributed by atoms with van der Waals surface area (Å²) in [5.41, 5.74) is 0.790. The summed E-state index contributed by atoms with van der Waals surface area (Å²) >= 11 is 1.96. The van der Waals surface area contributed by atoms with Gasteiger partial charge in [-0.1, -0.05) is 0 Å². The second-order valence-corrected chi connectivity index (χ2v) is 5.33. The van der Waals surface area contributed by atoms with Crippen LogP contribution >= 0.6 is 11.8 Å². The van der Waals surface area contributed by atoms with Crippen LogP contribution in [0.3, 0.4) is 0 Å². The highest BCUT2D eigenvalue weighted by Gasteiger charge is 2.16. The lowest BCUT2D eigenvalue weighted by Gasteiger charge is -2.11. The van der Waals surface area contributed by atoms with E-state index in [0.717, 1.165) is 17.3 Å². The van der Waals surface area contributed by atoms with Crippen LogP contribution in [0.2, 0.25) is 0 Å². The topological polar surface area (TPSA) is 68.5 Å². The highest BCUT2D eigenvalue weighted by atomic mass is 32.2. The standard InChI is InChI=1S/C11H14N6S/c1-17-10(13-7-14-17)9-2-4-12-11(16-9)15-8-3-5-18-6-8/h2,4,7-8H,3,5-6H2,1H3,(H,12,15,16). The van der Waals surface area contributed by atoms with Crippen molar-refractivity contribution in [3.63, 3.8) is 0 Å². The summed E-state index contributed by atoms with van der Waals surface area (Å²) in [6.45, 7) is 0. The Bertz CT molecular complexity index is 534. The number of anilines is 1. The fraction of sp³-hybridized carbons (Fsp3) is 0.455. The fourth-order valence-corrected chi connectivity index (χ4v) is 3.06. The van der Waals surface area contributed by atoms with Crippen molar-refractivity contribution >= 4 is 17.7 Å². The first-order chi connectivity index (χ1) is 8.83. The predicted octanol–water partition coefficient (Wildman–Crippen LogP) is 1.19. The quantitative estimate of drug-likeness (QED) is 0.896. The van der Waals surface area contributed by atoms with Gasteiger partial charge in [0, 0.05) is 25.0 Å². The maximum absolute atomic E-state index is 4.48. The average molecular weight is 262 g/mol. The minimum Gasteiger partial charge on any atom is -0.351 e. The molecule has 0 aromatic carbocycles. The lowest BCUT2D eigenvalue weighted by molar-refractivity contribution is 0.769. The van der Waals surface area contributed by atoms with Gasteiger partial charge in [0.1, 0.15) is 12.0 Å². The SMILES string of the molecule is Cn1ncnc1-c1ccnc(NC2CCSC2)n1. The molecular weight excluding hydrogens is 248 g/mol. The fourth-order valence-electron chi connectivity index (χ4n) is 1.91. The lowest BCUT2D eigenvalue weighted by Crippen LogP contribution is -2.19. The maximum Gasteiger partial charge on any atom is 0.223 e. The van der Waals surface area contributed by atoms with Crippen LogP contribution in [0.5, 0.6) is 0 Å². The largest absolute Gasteiger partial charge is 0.351 e. The molecule has 1 aliphatic heterocycles. The van der Waals surface area contributed by atoms with Crippen molar-refractivity contribution in [2.75, 3.05) is 16.8 Å². The Labute approximate surface area is 109 Å². The molecule has 0 amide bonds. The molecule has 1 N–H and O–H groups in total. The smallest absolute Gasteiger partial charge is 0.223 e. The van der Waals surface area contributed by atoms with Gasteiger partial charge in [0.25, 0.3) is 0 Å². The predicted molar refractivity (Wildman–Crippen MR) is 71.4 cm³/mol. The van der Waals surface area contributed by atoms with Gasteiger partial charge in [-0.15, -0.1) is 0 Å². The summed E-state index contributed by atoms with van der Waals surface area (Å²) < 4.78 is 1.71. The maximum atomic E-state index is 4.48. The number of thioether (sulfide) groups is 1. The summed E-state index contributed by atoms with van der Waals surface area (Å²) in [7, 11) is 1.85. The zero-order valence-electron chi connectivity index (χ0n) is 10.1. The number of hydrogen-bond donors (Lipinski definition) is 1. The second-order valence-electron chi connectivity index (χ2n) is 4.18. The molecule has 1 unspecified atom stereocenters. The highest BCUT2D eigenvalue weighted by molar-refractivity contribution is 7.99. The monoisotopic (exact) mass is 262 g/mol. The van der Waals surface area contributed by atoms with Crippen LogP contribution in [-0.4, -0.2) is 42.3 Å². The molecule has 0 saturated carbocycles. The Kier molecular flexibility index (Phi) is 3.14. The summed E-state index contributed by atoms with van der Waals surface area (Å²) in [5, 5.41) is 7.41. The van der Waals surface area contributed by atoms with Gasteiger partial charge < -0.3 is 5.32 Å². The van der Waals surface area contributed by atoms with E-state index in [1.807, 2.05) is 24.9 Å². The Morgan fingerprint density at radius 1 is 1.44 bits per heavy atom. The molecule has 1 fully saturated rings. The summed E-state index contributed by atoms with van der Waals surface area (Å²) in [5.74, 6) is 3.75. The van der Waals surface area contributed by atoms with Crippen LogP contribution in [0.1, 0.15) is 6.42 Å². The van der Waals surface area contributed by atoms with Crippen LogP contribution in [0.4, 0.5) is 5.95 Å². The van der Waals surface area contributed by atoms with Gasteiger partial charge in [-0.25, -0.2) is 19.6 Å². The molecule has 6 nitrogen and oxygen atoms in total. The minimum atomic E-state index is 0.477. The van der Waals surface area contributed by atoms with Crippen LogP contribution in [0.15, 0.2) is 18.6 Å². The molecule has 3 rings (SSSR count). The van der Waals surface area contributed by atoms with Crippen LogP contribution < -0.4 is 5.32 Å². The van der Waals surface area contributed by atoms with Crippen molar-refractivity contribution < 1.29 is 0 Å². The number of nitrogens with one attached hydrogen (secondary N) is 1. The van der Waals surface area contributed by atoms with E-state index in [2.05, 4.69) is 25.4 Å². The number of rotatable bonds is 3. The van der Waals surface area contributed by atoms with Gasteiger partial charge in [0.2, 0.25) is 5.95 Å². The molecule has 0 radical (unpaired) electrons. The Morgan fingerprint density at radius 3 is 3.11 bits per heavy atom. The highest BCUT2D eigenvalue weighted by Crippen LogP contribution is 2.20. The van der Waals surface area contributed by atoms with Crippen molar-refractivity contribution in [2.24, 2.45) is 7.05 Å². The van der Waals surface area contributed by atoms with E-state index in [0.29, 0.717) is 12.0 Å². The van der Waals surface area contributed by atoms with E-state index in [-0.39, 0.29) is 0 Å². The van der Waals surface area contributed by atoms with E-state index in [4.69, 9.17) is 0 Å². The molecule has 1 atom stereocenters. The van der Waals surface area contributed by atoms with E-state index < -0.39 is 0 Å². The Morgan fingerprint density at radius 2 is 2.39 bits per heavy atom. The zero-order valence-corrected chi connectivity index (χ0v) is 10.9. The first kappa shape index (κ1) is 11.5. The summed E-state index contributed by atoms with van der Waals surface area (Å²) in [4.78, 5) is 12.9. The normalized spacial score (nSPS) is 19.1. The number of aromatic nitrogens is 5. The average Bonchev–Trinajstić information content (AvgIpc) is 3.01. The number of nitrogens with zero attached hydrogens (tertiary/aromatic N) is 5. The van der Waals surface area contributed by atoms with Gasteiger partial charge in [0.15, 0.2) is 5.82 Å². The molecule has 3 heterocycles. The summed E-state index contributed by atoms with van der Waals surface area (Å²) in [6, 6.07) is 2.32. The minimum absolute atomic E-state index is 0.477. The van der Waals surface area contributed by atoms with E-state index in [1.54, 1.807) is 10.9 Å². The lowest BCUT2D eigenvalue weighted by atomic mass is 10.3. The first-order valence-electron chi connectivity index (χ1n) is 5.84. The Hall–Kier alpha value is -1.63. The van der Waals surface area contributed by atoms with E-state index in [9.17, 15) is 0 Å². The first-order valence-corrected chi connectivity index (χ1v) is 7.00. The molecule has 18 heavy (non-hydrogen) atoms. The molecule has 1 saturated heterocycles. The number of hydrogen-bond acceptors (Lipinski definition) is 6. The molecular formula is C11H14N6S. The van der Waals surface area contributed by atoms with Gasteiger partial charge in [0.05, 0.1) is 0 Å². The molecule has 2 aromatic heterocycles. The van der Waals surface area contributed by atoms with Gasteiger partial charge in [-0.05, 0) is 18.2 Å². The molecule has 1 aliphatic rings. The molecule has 7 heteroatoms. The second kappa shape index (κ2) is 4.93. The van der Waals surface area contributed by atoms with Crippen LogP contribution in [0, 0.1) is 0 Å². The molecule has 0 spiro atoms. The van der Waals surface area contributed by atoms with Crippen LogP contribution in [-0.2, 0) is 7.05 Å². The molecule has 2 aromatic rings. The van der Waals surface area contributed by atoms with Gasteiger partial charge >= 0.3 is 0 Å². The third kappa shape index (κ3) is 2.31. The van der Waals surface area contributed by atoms with Crippen molar-refractivity contribution in [3.05, 3.63) is 18.6 Å². The number of aryl methyl sites for hydroxylation is 1. The van der Waals surface area contributed by atoms with Gasteiger partial charge in [-0.2, -0.15) is 16.9 Å². The molecule has 94 valence electrons. The van der Waals surface area contributed by atoms with Gasteiger partial charge in [-0.3, -0.25) is 0 Å². The Balaban J connectivity index is 1.82. The zero-order chi connectivity index (χ0) is 12.4. The van der Waals surface area contributed by atoms with Crippen LogP contribution in [0.25, 0.3) is 11.5 Å². The van der Waals surface area contributed by atoms with Crippen molar-refractivity contribution in [1.29, 1.82) is 0 Å². The van der Waals surface area contributed by atoms with Crippen molar-refractivity contribution in [2.45, 2.75) is 12.5 Å². The van der Waals surface area contributed by atoms with E-state index in [1.165, 1.54) is 18.5 Å². The molecule has 0 bridgehead atoms. The van der Waals surface area contributed by atoms with E-state index >= 15 is 0 Å².